The standard InChI is InChI=1S/C11H10IN3O/c1-15-4-5-2-3-14-9-6(5)10(15)11(16)8(13)7(9)12/h4H,2-3,13H2,1H3. The highest BCUT2D eigenvalue weighted by Gasteiger charge is 2.34. The molecule has 0 saturated heterocycles. The molecule has 1 aliphatic heterocycles. The third-order valence-corrected chi connectivity index (χ3v) is 4.14. The molecule has 2 aliphatic rings. The molecular formula is C11H10IN3O. The summed E-state index contributed by atoms with van der Waals surface area (Å²) in [6, 6.07) is 0. The van der Waals surface area contributed by atoms with E-state index in [-0.39, 0.29) is 5.78 Å². The zero-order chi connectivity index (χ0) is 11.4. The predicted molar refractivity (Wildman–Crippen MR) is 70.1 cm³/mol. The summed E-state index contributed by atoms with van der Waals surface area (Å²) in [6.45, 7) is 0.778. The number of aliphatic imine (C=N–C) groups is 1. The molecule has 82 valence electrons. The van der Waals surface area contributed by atoms with Gasteiger partial charge in [0.1, 0.15) is 5.69 Å². The van der Waals surface area contributed by atoms with Crippen LogP contribution in [0.25, 0.3) is 0 Å². The van der Waals surface area contributed by atoms with Crippen LogP contribution in [0.2, 0.25) is 0 Å². The Balaban J connectivity index is 2.40. The fourth-order valence-corrected chi connectivity index (χ4v) is 3.01. The van der Waals surface area contributed by atoms with Crippen LogP contribution in [0.15, 0.2) is 20.5 Å². The summed E-state index contributed by atoms with van der Waals surface area (Å²) in [6.07, 6.45) is 2.92. The molecule has 5 heteroatoms. The van der Waals surface area contributed by atoms with Gasteiger partial charge in [0.25, 0.3) is 0 Å². The average molecular weight is 327 g/mol. The van der Waals surface area contributed by atoms with E-state index >= 15 is 0 Å². The molecule has 3 rings (SSSR count). The normalized spacial score (nSPS) is 18.6. The number of aryl methyl sites for hydroxylation is 1. The van der Waals surface area contributed by atoms with Crippen LogP contribution in [0, 0.1) is 0 Å². The van der Waals surface area contributed by atoms with Gasteiger partial charge in [-0.15, -0.1) is 0 Å². The van der Waals surface area contributed by atoms with Gasteiger partial charge in [-0.05, 0) is 34.6 Å². The Morgan fingerprint density at radius 1 is 1.56 bits per heavy atom. The highest BCUT2D eigenvalue weighted by atomic mass is 127. The molecule has 2 N–H and O–H groups in total. The van der Waals surface area contributed by atoms with E-state index in [0.717, 1.165) is 27.8 Å². The van der Waals surface area contributed by atoms with Crippen LogP contribution < -0.4 is 5.73 Å². The molecule has 1 aliphatic carbocycles. The van der Waals surface area contributed by atoms with Crippen LogP contribution in [0.1, 0.15) is 21.6 Å². The Kier molecular flexibility index (Phi) is 2.01. The monoisotopic (exact) mass is 327 g/mol. The van der Waals surface area contributed by atoms with Gasteiger partial charge >= 0.3 is 0 Å². The lowest BCUT2D eigenvalue weighted by Gasteiger charge is -2.20. The molecule has 1 aromatic rings. The maximum atomic E-state index is 12.1. The highest BCUT2D eigenvalue weighted by Crippen LogP contribution is 2.33. The van der Waals surface area contributed by atoms with E-state index in [0.29, 0.717) is 11.4 Å². The molecule has 0 aromatic carbocycles. The maximum absolute atomic E-state index is 12.1. The summed E-state index contributed by atoms with van der Waals surface area (Å²) >= 11 is 2.11. The molecule has 1 aromatic heterocycles. The Hall–Kier alpha value is -1.11. The van der Waals surface area contributed by atoms with Gasteiger partial charge in [0, 0.05) is 25.4 Å². The first-order chi connectivity index (χ1) is 7.61. The number of Topliss-reactive ketones (excluding diaryl/α,β-unsaturated/α-hetero) is 1. The molecule has 0 amide bonds. The van der Waals surface area contributed by atoms with Crippen LogP contribution >= 0.6 is 22.6 Å². The van der Waals surface area contributed by atoms with Crippen molar-refractivity contribution in [3.8, 4) is 0 Å². The van der Waals surface area contributed by atoms with Crippen molar-refractivity contribution in [3.05, 3.63) is 32.3 Å². The molecule has 0 saturated carbocycles. The number of aromatic nitrogens is 1. The predicted octanol–water partition coefficient (Wildman–Crippen LogP) is 1.17. The molecule has 0 atom stereocenters. The number of nitrogens with two attached hydrogens (primary N) is 1. The topological polar surface area (TPSA) is 60.4 Å². The molecule has 0 fully saturated rings. The number of carbonyl (C=O) groups excluding carboxylic acids is 1. The Morgan fingerprint density at radius 2 is 2.31 bits per heavy atom. The van der Waals surface area contributed by atoms with Crippen molar-refractivity contribution >= 4 is 34.1 Å². The summed E-state index contributed by atoms with van der Waals surface area (Å²) in [5.74, 6) is -0.0750. The van der Waals surface area contributed by atoms with E-state index in [1.54, 1.807) is 0 Å². The third kappa shape index (κ3) is 1.09. The number of hydrogen-bond acceptors (Lipinski definition) is 3. The summed E-state index contributed by atoms with van der Waals surface area (Å²) < 4.78 is 2.66. The average Bonchev–Trinajstić information content (AvgIpc) is 2.60. The van der Waals surface area contributed by atoms with Crippen molar-refractivity contribution < 1.29 is 4.79 Å². The Morgan fingerprint density at radius 3 is 3.06 bits per heavy atom. The first-order valence-electron chi connectivity index (χ1n) is 5.04. The van der Waals surface area contributed by atoms with Crippen molar-refractivity contribution in [2.24, 2.45) is 17.8 Å². The van der Waals surface area contributed by atoms with Gasteiger partial charge in [0.15, 0.2) is 0 Å². The Bertz CT molecular complexity index is 580. The molecule has 0 bridgehead atoms. The van der Waals surface area contributed by atoms with Gasteiger partial charge in [-0.3, -0.25) is 9.79 Å². The van der Waals surface area contributed by atoms with Gasteiger partial charge in [0.05, 0.1) is 15.0 Å². The lowest BCUT2D eigenvalue weighted by Crippen LogP contribution is -2.28. The SMILES string of the molecule is Cn1cc2c3c1C(=O)C(N)=C(I)C3=NCC2. The molecule has 0 unspecified atom stereocenters. The van der Waals surface area contributed by atoms with E-state index in [4.69, 9.17) is 5.73 Å². The van der Waals surface area contributed by atoms with Crippen molar-refractivity contribution in [2.45, 2.75) is 6.42 Å². The number of rotatable bonds is 0. The Labute approximate surface area is 106 Å². The van der Waals surface area contributed by atoms with Gasteiger partial charge < -0.3 is 10.3 Å². The number of hydrogen-bond donors (Lipinski definition) is 1. The smallest absolute Gasteiger partial charge is 0.226 e. The minimum atomic E-state index is -0.0750. The second-order valence-corrected chi connectivity index (χ2v) is 5.10. The number of allylic oxidation sites excluding steroid dienone is 2. The summed E-state index contributed by atoms with van der Waals surface area (Å²) in [7, 11) is 1.88. The van der Waals surface area contributed by atoms with Gasteiger partial charge in [0.2, 0.25) is 5.78 Å². The summed E-state index contributed by atoms with van der Waals surface area (Å²) in [5, 5.41) is 0. The maximum Gasteiger partial charge on any atom is 0.226 e. The zero-order valence-electron chi connectivity index (χ0n) is 8.75. The lowest BCUT2D eigenvalue weighted by molar-refractivity contribution is 0.102. The fraction of sp³-hybridized carbons (Fsp3) is 0.273. The summed E-state index contributed by atoms with van der Waals surface area (Å²) in [4.78, 5) is 16.6. The van der Waals surface area contributed by atoms with E-state index in [1.165, 1.54) is 5.56 Å². The van der Waals surface area contributed by atoms with E-state index in [9.17, 15) is 4.79 Å². The first kappa shape index (κ1) is 10.1. The first-order valence-corrected chi connectivity index (χ1v) is 6.12. The van der Waals surface area contributed by atoms with Gasteiger partial charge in [-0.1, -0.05) is 0 Å². The molecule has 0 spiro atoms. The van der Waals surface area contributed by atoms with Crippen molar-refractivity contribution in [1.29, 1.82) is 0 Å². The van der Waals surface area contributed by atoms with Gasteiger partial charge in [-0.2, -0.15) is 0 Å². The minimum absolute atomic E-state index is 0.0750. The largest absolute Gasteiger partial charge is 0.395 e. The molecule has 0 radical (unpaired) electrons. The van der Waals surface area contributed by atoms with Crippen LogP contribution in [-0.4, -0.2) is 22.6 Å². The number of ketones is 1. The van der Waals surface area contributed by atoms with E-state index < -0.39 is 0 Å². The van der Waals surface area contributed by atoms with Crippen molar-refractivity contribution in [3.63, 3.8) is 0 Å². The number of halogens is 1. The van der Waals surface area contributed by atoms with Crippen LogP contribution in [0.5, 0.6) is 0 Å². The second kappa shape index (κ2) is 3.19. The second-order valence-electron chi connectivity index (χ2n) is 4.03. The van der Waals surface area contributed by atoms with Crippen LogP contribution in [0.3, 0.4) is 0 Å². The highest BCUT2D eigenvalue weighted by molar-refractivity contribution is 14.1. The van der Waals surface area contributed by atoms with Crippen molar-refractivity contribution in [2.75, 3.05) is 6.54 Å². The van der Waals surface area contributed by atoms with Crippen LogP contribution in [0.4, 0.5) is 0 Å². The molecule has 2 heterocycles. The van der Waals surface area contributed by atoms with E-state index in [2.05, 4.69) is 27.6 Å². The lowest BCUT2D eigenvalue weighted by atomic mass is 9.92. The van der Waals surface area contributed by atoms with E-state index in [1.807, 2.05) is 17.8 Å². The van der Waals surface area contributed by atoms with Crippen LogP contribution in [-0.2, 0) is 13.5 Å². The fourth-order valence-electron chi connectivity index (χ4n) is 2.32. The molecule has 16 heavy (non-hydrogen) atoms. The van der Waals surface area contributed by atoms with Gasteiger partial charge in [-0.25, -0.2) is 0 Å². The number of carbonyl (C=O) groups is 1. The third-order valence-electron chi connectivity index (χ3n) is 3.05. The summed E-state index contributed by atoms with van der Waals surface area (Å²) in [5.41, 5.74) is 9.94. The number of nitrogens with zero attached hydrogens (tertiary/aromatic N) is 2. The van der Waals surface area contributed by atoms with Crippen molar-refractivity contribution in [1.82, 2.24) is 4.57 Å². The molecular weight excluding hydrogens is 317 g/mol. The quantitative estimate of drug-likeness (QED) is 0.727. The minimum Gasteiger partial charge on any atom is -0.395 e. The zero-order valence-corrected chi connectivity index (χ0v) is 10.9. The molecule has 4 nitrogen and oxygen atoms in total.